The zero-order valence-electron chi connectivity index (χ0n) is 23.2. The van der Waals surface area contributed by atoms with Gasteiger partial charge < -0.3 is 15.0 Å². The first-order valence-electron chi connectivity index (χ1n) is 13.2. The number of ether oxygens (including phenoxy) is 1. The van der Waals surface area contributed by atoms with Crippen LogP contribution >= 0.6 is 11.6 Å². The molecule has 3 aromatic rings. The second-order valence-electron chi connectivity index (χ2n) is 9.40. The van der Waals surface area contributed by atoms with Crippen LogP contribution in [0.1, 0.15) is 39.7 Å². The number of halogens is 1. The van der Waals surface area contributed by atoms with E-state index in [1.165, 1.54) is 17.0 Å². The maximum Gasteiger partial charge on any atom is 0.264 e. The molecule has 3 rings (SSSR count). The lowest BCUT2D eigenvalue weighted by Gasteiger charge is -2.32. The van der Waals surface area contributed by atoms with Gasteiger partial charge in [-0.2, -0.15) is 0 Å². The van der Waals surface area contributed by atoms with Crippen molar-refractivity contribution in [3.63, 3.8) is 0 Å². The van der Waals surface area contributed by atoms with Gasteiger partial charge in [0, 0.05) is 17.6 Å². The van der Waals surface area contributed by atoms with Crippen LogP contribution in [0.5, 0.6) is 5.75 Å². The highest BCUT2D eigenvalue weighted by atomic mass is 35.5. The van der Waals surface area contributed by atoms with Crippen LogP contribution < -0.4 is 14.4 Å². The Balaban J connectivity index is 2.01. The fourth-order valence-corrected chi connectivity index (χ4v) is 5.65. The van der Waals surface area contributed by atoms with Crippen LogP contribution in [-0.2, 0) is 26.2 Å². The smallest absolute Gasteiger partial charge is 0.264 e. The summed E-state index contributed by atoms with van der Waals surface area (Å²) in [6, 6.07) is 20.5. The van der Waals surface area contributed by atoms with Crippen molar-refractivity contribution in [2.45, 2.75) is 57.6 Å². The summed E-state index contributed by atoms with van der Waals surface area (Å²) in [4.78, 5) is 28.5. The highest BCUT2D eigenvalue weighted by Gasteiger charge is 2.32. The first-order valence-corrected chi connectivity index (χ1v) is 15.0. The van der Waals surface area contributed by atoms with E-state index < -0.39 is 28.5 Å². The number of hydrogen-bond acceptors (Lipinski definition) is 5. The Morgan fingerprint density at radius 3 is 2.23 bits per heavy atom. The van der Waals surface area contributed by atoms with Gasteiger partial charge >= 0.3 is 0 Å². The van der Waals surface area contributed by atoms with Crippen molar-refractivity contribution in [2.24, 2.45) is 0 Å². The van der Waals surface area contributed by atoms with Crippen LogP contribution in [-0.4, -0.2) is 50.4 Å². The van der Waals surface area contributed by atoms with E-state index in [0.717, 1.165) is 10.7 Å². The third-order valence-electron chi connectivity index (χ3n) is 6.46. The molecule has 0 spiro atoms. The lowest BCUT2D eigenvalue weighted by atomic mass is 10.1. The zero-order chi connectivity index (χ0) is 29.3. The van der Waals surface area contributed by atoms with Gasteiger partial charge in [0.25, 0.3) is 10.0 Å². The van der Waals surface area contributed by atoms with Crippen molar-refractivity contribution >= 4 is 39.1 Å². The van der Waals surface area contributed by atoms with Crippen molar-refractivity contribution in [2.75, 3.05) is 17.5 Å². The quantitative estimate of drug-likeness (QED) is 0.295. The molecule has 0 saturated carbocycles. The van der Waals surface area contributed by atoms with E-state index in [2.05, 4.69) is 5.32 Å². The Bertz CT molecular complexity index is 1380. The molecule has 10 heteroatoms. The summed E-state index contributed by atoms with van der Waals surface area (Å²) < 4.78 is 34.2. The Labute approximate surface area is 241 Å². The predicted octanol–water partition coefficient (Wildman–Crippen LogP) is 5.27. The summed E-state index contributed by atoms with van der Waals surface area (Å²) in [6.07, 6.45) is 0.724. The Morgan fingerprint density at radius 1 is 0.950 bits per heavy atom. The third kappa shape index (κ3) is 7.99. The molecule has 2 amide bonds. The second-order valence-corrected chi connectivity index (χ2v) is 11.7. The average Bonchev–Trinajstić information content (AvgIpc) is 2.95. The Kier molecular flexibility index (Phi) is 11.0. The fourth-order valence-electron chi connectivity index (χ4n) is 4.00. The fraction of sp³-hybridized carbons (Fsp3) is 0.333. The molecule has 40 heavy (non-hydrogen) atoms. The zero-order valence-corrected chi connectivity index (χ0v) is 24.8. The van der Waals surface area contributed by atoms with Gasteiger partial charge in [0.1, 0.15) is 18.3 Å². The first kappa shape index (κ1) is 31.0. The minimum absolute atomic E-state index is 0.0423. The molecule has 214 valence electrons. The Morgan fingerprint density at radius 2 is 1.62 bits per heavy atom. The molecule has 0 aliphatic carbocycles. The van der Waals surface area contributed by atoms with E-state index in [0.29, 0.717) is 28.6 Å². The standard InChI is InChI=1S/C30H36ClN3O5S/c1-5-22(3)32-30(36)23(4)33(20-24-11-10-12-25(31)19-24)29(35)21-34(26-15-17-27(18-16-26)39-6-2)40(37,38)28-13-8-7-9-14-28/h7-19,22-23H,5-6,20-21H2,1-4H3,(H,32,36)/t22-,23-/m0/s1. The normalized spacial score (nSPS) is 12.7. The van der Waals surface area contributed by atoms with Crippen molar-refractivity contribution < 1.29 is 22.7 Å². The van der Waals surface area contributed by atoms with Crippen LogP contribution in [0.15, 0.2) is 83.8 Å². The molecule has 0 aromatic heterocycles. The monoisotopic (exact) mass is 585 g/mol. The summed E-state index contributed by atoms with van der Waals surface area (Å²) in [5.74, 6) is -0.295. The van der Waals surface area contributed by atoms with Crippen LogP contribution in [0.4, 0.5) is 5.69 Å². The van der Waals surface area contributed by atoms with Gasteiger partial charge in [0.2, 0.25) is 11.8 Å². The molecule has 1 N–H and O–H groups in total. The van der Waals surface area contributed by atoms with E-state index in [1.807, 2.05) is 20.8 Å². The molecular weight excluding hydrogens is 550 g/mol. The van der Waals surface area contributed by atoms with E-state index in [-0.39, 0.29) is 23.4 Å². The first-order chi connectivity index (χ1) is 19.1. The van der Waals surface area contributed by atoms with Crippen molar-refractivity contribution in [1.82, 2.24) is 10.2 Å². The number of rotatable bonds is 13. The van der Waals surface area contributed by atoms with Gasteiger partial charge in [-0.15, -0.1) is 0 Å². The number of amides is 2. The minimum atomic E-state index is -4.13. The number of nitrogens with one attached hydrogen (secondary N) is 1. The van der Waals surface area contributed by atoms with Gasteiger partial charge in [0.15, 0.2) is 0 Å². The minimum Gasteiger partial charge on any atom is -0.494 e. The lowest BCUT2D eigenvalue weighted by molar-refractivity contribution is -0.139. The molecule has 0 unspecified atom stereocenters. The molecule has 0 bridgehead atoms. The highest BCUT2D eigenvalue weighted by Crippen LogP contribution is 2.27. The van der Waals surface area contributed by atoms with E-state index >= 15 is 0 Å². The predicted molar refractivity (Wildman–Crippen MR) is 158 cm³/mol. The molecule has 0 fully saturated rings. The highest BCUT2D eigenvalue weighted by molar-refractivity contribution is 7.92. The lowest BCUT2D eigenvalue weighted by Crippen LogP contribution is -2.52. The molecule has 3 aromatic carbocycles. The number of hydrogen-bond donors (Lipinski definition) is 1. The largest absolute Gasteiger partial charge is 0.494 e. The molecule has 0 saturated heterocycles. The third-order valence-corrected chi connectivity index (χ3v) is 8.48. The average molecular weight is 586 g/mol. The summed E-state index contributed by atoms with van der Waals surface area (Å²) >= 11 is 6.18. The molecule has 8 nitrogen and oxygen atoms in total. The SMILES string of the molecule is CCOc1ccc(N(CC(=O)N(Cc2cccc(Cl)c2)[C@@H](C)C(=O)N[C@@H](C)CC)S(=O)(=O)c2ccccc2)cc1. The number of sulfonamides is 1. The number of nitrogens with zero attached hydrogens (tertiary/aromatic N) is 2. The topological polar surface area (TPSA) is 96.0 Å². The number of anilines is 1. The van der Waals surface area contributed by atoms with Crippen LogP contribution in [0.25, 0.3) is 0 Å². The van der Waals surface area contributed by atoms with E-state index in [4.69, 9.17) is 16.3 Å². The van der Waals surface area contributed by atoms with Crippen LogP contribution in [0.2, 0.25) is 5.02 Å². The molecule has 0 heterocycles. The summed E-state index contributed by atoms with van der Waals surface area (Å²) in [5, 5.41) is 3.41. The van der Waals surface area contributed by atoms with Crippen LogP contribution in [0.3, 0.4) is 0 Å². The van der Waals surface area contributed by atoms with Crippen molar-refractivity contribution in [3.8, 4) is 5.75 Å². The van der Waals surface area contributed by atoms with Gasteiger partial charge in [-0.3, -0.25) is 13.9 Å². The van der Waals surface area contributed by atoms with E-state index in [9.17, 15) is 18.0 Å². The maximum atomic E-state index is 13.9. The molecule has 0 aliphatic heterocycles. The number of benzene rings is 3. The van der Waals surface area contributed by atoms with Gasteiger partial charge in [-0.25, -0.2) is 8.42 Å². The molecule has 2 atom stereocenters. The summed E-state index contributed by atoms with van der Waals surface area (Å²) in [5.41, 5.74) is 1.00. The number of carbonyl (C=O) groups excluding carboxylic acids is 2. The van der Waals surface area contributed by atoms with Crippen molar-refractivity contribution in [3.05, 3.63) is 89.4 Å². The molecule has 0 aliphatic rings. The summed E-state index contributed by atoms with van der Waals surface area (Å²) in [7, 11) is -4.13. The van der Waals surface area contributed by atoms with Gasteiger partial charge in [-0.1, -0.05) is 48.9 Å². The van der Waals surface area contributed by atoms with Gasteiger partial charge in [0.05, 0.1) is 17.2 Å². The molecular formula is C30H36ClN3O5S. The van der Waals surface area contributed by atoms with Crippen molar-refractivity contribution in [1.29, 1.82) is 0 Å². The van der Waals surface area contributed by atoms with E-state index in [1.54, 1.807) is 73.7 Å². The molecule has 0 radical (unpaired) electrons. The second kappa shape index (κ2) is 14.2. The summed E-state index contributed by atoms with van der Waals surface area (Å²) in [6.45, 7) is 7.32. The maximum absolute atomic E-state index is 13.9. The Hall–Kier alpha value is -3.56. The van der Waals surface area contributed by atoms with Crippen LogP contribution in [0, 0.1) is 0 Å². The van der Waals surface area contributed by atoms with Gasteiger partial charge in [-0.05, 0) is 81.3 Å². The number of carbonyl (C=O) groups is 2.